The fraction of sp³-hybridized carbons (Fsp3) is 0.357. The largest absolute Gasteiger partial charge is 0.399 e. The maximum atomic E-state index is 10.9. The zero-order valence-corrected chi connectivity index (χ0v) is 11.7. The fourth-order valence-electron chi connectivity index (χ4n) is 2.29. The van der Waals surface area contributed by atoms with Crippen LogP contribution in [-0.4, -0.2) is 14.7 Å². The van der Waals surface area contributed by atoms with E-state index in [1.54, 1.807) is 18.5 Å². The van der Waals surface area contributed by atoms with Gasteiger partial charge in [0.25, 0.3) is 0 Å². The molecule has 0 aliphatic rings. The van der Waals surface area contributed by atoms with Gasteiger partial charge < -0.3 is 5.73 Å². The van der Waals surface area contributed by atoms with Gasteiger partial charge in [0.15, 0.2) is 0 Å². The predicted molar refractivity (Wildman–Crippen MR) is 77.5 cm³/mol. The monoisotopic (exact) mass is 274 g/mol. The zero-order valence-electron chi connectivity index (χ0n) is 11.7. The van der Waals surface area contributed by atoms with E-state index in [4.69, 9.17) is 5.73 Å². The maximum Gasteiger partial charge on any atom is 0.312 e. The lowest BCUT2D eigenvalue weighted by Gasteiger charge is -2.04. The molecule has 0 radical (unpaired) electrons. The Balaban J connectivity index is 1.99. The maximum absolute atomic E-state index is 10.9. The Labute approximate surface area is 117 Å². The number of aryl methyl sites for hydroxylation is 3. The number of nitro groups is 1. The normalized spacial score (nSPS) is 10.7. The van der Waals surface area contributed by atoms with E-state index in [1.165, 1.54) is 5.56 Å². The molecule has 6 heteroatoms. The number of hydrogen-bond donors (Lipinski definition) is 1. The summed E-state index contributed by atoms with van der Waals surface area (Å²) in [6.07, 6.45) is 1.77. The minimum Gasteiger partial charge on any atom is -0.399 e. The molecule has 1 aromatic carbocycles. The van der Waals surface area contributed by atoms with Gasteiger partial charge in [0.2, 0.25) is 0 Å². The Morgan fingerprint density at radius 3 is 2.50 bits per heavy atom. The summed E-state index contributed by atoms with van der Waals surface area (Å²) in [4.78, 5) is 10.6. The minimum atomic E-state index is -0.367. The van der Waals surface area contributed by atoms with Crippen LogP contribution in [0.4, 0.5) is 11.4 Å². The molecule has 1 heterocycles. The van der Waals surface area contributed by atoms with Gasteiger partial charge in [-0.15, -0.1) is 0 Å². The second-order valence-corrected chi connectivity index (χ2v) is 4.84. The molecule has 0 aliphatic carbocycles. The third kappa shape index (κ3) is 2.96. The van der Waals surface area contributed by atoms with E-state index < -0.39 is 0 Å². The summed E-state index contributed by atoms with van der Waals surface area (Å²) in [7, 11) is 0. The Bertz CT molecular complexity index is 617. The highest BCUT2D eigenvalue weighted by atomic mass is 16.6. The third-order valence-electron chi connectivity index (χ3n) is 3.34. The predicted octanol–water partition coefficient (Wildman–Crippen LogP) is 2.62. The zero-order chi connectivity index (χ0) is 14.7. The summed E-state index contributed by atoms with van der Waals surface area (Å²) in [5.41, 5.74) is 8.80. The van der Waals surface area contributed by atoms with Crippen LogP contribution < -0.4 is 5.73 Å². The first-order valence-electron chi connectivity index (χ1n) is 6.52. The van der Waals surface area contributed by atoms with Crippen LogP contribution in [0.2, 0.25) is 0 Å². The van der Waals surface area contributed by atoms with Crippen molar-refractivity contribution in [1.82, 2.24) is 9.78 Å². The SMILES string of the molecule is Cc1nn(CCCc2ccc(N)cc2)c(C)c1[N+](=O)[O-]. The van der Waals surface area contributed by atoms with E-state index in [0.717, 1.165) is 18.5 Å². The topological polar surface area (TPSA) is 87.0 Å². The van der Waals surface area contributed by atoms with Crippen LogP contribution in [0, 0.1) is 24.0 Å². The molecule has 0 amide bonds. The van der Waals surface area contributed by atoms with Crippen LogP contribution in [-0.2, 0) is 13.0 Å². The van der Waals surface area contributed by atoms with Gasteiger partial charge in [0, 0.05) is 12.2 Å². The first kappa shape index (κ1) is 14.0. The van der Waals surface area contributed by atoms with Crippen LogP contribution in [0.15, 0.2) is 24.3 Å². The summed E-state index contributed by atoms with van der Waals surface area (Å²) < 4.78 is 1.71. The second kappa shape index (κ2) is 5.73. The number of anilines is 1. The molecule has 0 saturated carbocycles. The lowest BCUT2D eigenvalue weighted by atomic mass is 10.1. The third-order valence-corrected chi connectivity index (χ3v) is 3.34. The Kier molecular flexibility index (Phi) is 4.02. The van der Waals surface area contributed by atoms with Crippen molar-refractivity contribution in [2.24, 2.45) is 0 Å². The Morgan fingerprint density at radius 2 is 1.95 bits per heavy atom. The summed E-state index contributed by atoms with van der Waals surface area (Å²) in [5.74, 6) is 0. The number of benzene rings is 1. The highest BCUT2D eigenvalue weighted by Gasteiger charge is 2.21. The summed E-state index contributed by atoms with van der Waals surface area (Å²) in [6, 6.07) is 7.75. The molecule has 6 nitrogen and oxygen atoms in total. The molecular formula is C14H18N4O2. The van der Waals surface area contributed by atoms with Gasteiger partial charge in [-0.1, -0.05) is 12.1 Å². The van der Waals surface area contributed by atoms with E-state index in [2.05, 4.69) is 5.10 Å². The molecule has 106 valence electrons. The van der Waals surface area contributed by atoms with Gasteiger partial charge in [0.05, 0.1) is 4.92 Å². The van der Waals surface area contributed by atoms with Crippen molar-refractivity contribution in [3.63, 3.8) is 0 Å². The van der Waals surface area contributed by atoms with Gasteiger partial charge in [-0.2, -0.15) is 5.10 Å². The molecule has 0 aliphatic heterocycles. The van der Waals surface area contributed by atoms with Crippen molar-refractivity contribution in [3.05, 3.63) is 51.3 Å². The van der Waals surface area contributed by atoms with Crippen molar-refractivity contribution < 1.29 is 4.92 Å². The van der Waals surface area contributed by atoms with Crippen LogP contribution in [0.25, 0.3) is 0 Å². The van der Waals surface area contributed by atoms with Crippen molar-refractivity contribution in [1.29, 1.82) is 0 Å². The van der Waals surface area contributed by atoms with Gasteiger partial charge in [-0.05, 0) is 44.4 Å². The van der Waals surface area contributed by atoms with Crippen molar-refractivity contribution in [3.8, 4) is 0 Å². The quantitative estimate of drug-likeness (QED) is 0.516. The highest BCUT2D eigenvalue weighted by Crippen LogP contribution is 2.22. The van der Waals surface area contributed by atoms with E-state index in [9.17, 15) is 10.1 Å². The molecule has 2 rings (SSSR count). The van der Waals surface area contributed by atoms with Crippen molar-refractivity contribution >= 4 is 11.4 Å². The van der Waals surface area contributed by atoms with Crippen LogP contribution in [0.1, 0.15) is 23.4 Å². The lowest BCUT2D eigenvalue weighted by molar-refractivity contribution is -0.386. The molecule has 2 aromatic rings. The molecule has 0 unspecified atom stereocenters. The van der Waals surface area contributed by atoms with Gasteiger partial charge in [-0.25, -0.2) is 0 Å². The fourth-order valence-corrected chi connectivity index (χ4v) is 2.29. The number of rotatable bonds is 5. The summed E-state index contributed by atoms with van der Waals surface area (Å²) in [5, 5.41) is 15.2. The van der Waals surface area contributed by atoms with Crippen LogP contribution >= 0.6 is 0 Å². The van der Waals surface area contributed by atoms with Crippen LogP contribution in [0.3, 0.4) is 0 Å². The smallest absolute Gasteiger partial charge is 0.312 e. The Hall–Kier alpha value is -2.37. The summed E-state index contributed by atoms with van der Waals surface area (Å²) >= 11 is 0. The first-order chi connectivity index (χ1) is 9.49. The molecule has 1 aromatic heterocycles. The average molecular weight is 274 g/mol. The molecule has 0 fully saturated rings. The highest BCUT2D eigenvalue weighted by molar-refractivity contribution is 5.40. The number of nitrogens with zero attached hydrogens (tertiary/aromatic N) is 3. The molecule has 0 atom stereocenters. The number of nitrogens with two attached hydrogens (primary N) is 1. The molecular weight excluding hydrogens is 256 g/mol. The van der Waals surface area contributed by atoms with Gasteiger partial charge in [0.1, 0.15) is 11.4 Å². The van der Waals surface area contributed by atoms with E-state index in [1.807, 2.05) is 24.3 Å². The van der Waals surface area contributed by atoms with Crippen molar-refractivity contribution in [2.75, 3.05) is 5.73 Å². The van der Waals surface area contributed by atoms with E-state index in [-0.39, 0.29) is 10.6 Å². The summed E-state index contributed by atoms with van der Waals surface area (Å²) in [6.45, 7) is 4.08. The lowest BCUT2D eigenvalue weighted by Crippen LogP contribution is -2.04. The first-order valence-corrected chi connectivity index (χ1v) is 6.52. The van der Waals surface area contributed by atoms with Crippen molar-refractivity contribution in [2.45, 2.75) is 33.2 Å². The number of hydrogen-bond acceptors (Lipinski definition) is 4. The average Bonchev–Trinajstić information content (AvgIpc) is 2.67. The standard InChI is InChI=1S/C14H18N4O2/c1-10-14(18(19)20)11(2)17(16-10)9-3-4-12-5-7-13(15)8-6-12/h5-8H,3-4,9,15H2,1-2H3. The molecule has 20 heavy (non-hydrogen) atoms. The Morgan fingerprint density at radius 1 is 1.30 bits per heavy atom. The van der Waals surface area contributed by atoms with Gasteiger partial charge >= 0.3 is 5.69 Å². The molecule has 2 N–H and O–H groups in total. The number of nitrogen functional groups attached to an aromatic ring is 1. The van der Waals surface area contributed by atoms with Crippen LogP contribution in [0.5, 0.6) is 0 Å². The molecule has 0 spiro atoms. The van der Waals surface area contributed by atoms with E-state index in [0.29, 0.717) is 17.9 Å². The molecule has 0 bridgehead atoms. The second-order valence-electron chi connectivity index (χ2n) is 4.84. The minimum absolute atomic E-state index is 0.123. The molecule has 0 saturated heterocycles. The number of aromatic nitrogens is 2. The van der Waals surface area contributed by atoms with Gasteiger partial charge in [-0.3, -0.25) is 14.8 Å². The van der Waals surface area contributed by atoms with E-state index >= 15 is 0 Å².